The van der Waals surface area contributed by atoms with Gasteiger partial charge in [0, 0.05) is 29.9 Å². The van der Waals surface area contributed by atoms with E-state index in [0.717, 1.165) is 4.47 Å². The number of hydrogen-bond donors (Lipinski definition) is 2. The highest BCUT2D eigenvalue weighted by Gasteiger charge is 2.38. The highest BCUT2D eigenvalue weighted by Crippen LogP contribution is 2.32. The molecule has 7 heteroatoms. The molecule has 0 atom stereocenters. The average molecular weight is 384 g/mol. The van der Waals surface area contributed by atoms with E-state index >= 15 is 0 Å². The van der Waals surface area contributed by atoms with E-state index in [-0.39, 0.29) is 18.3 Å². The number of nitrogens with two attached hydrogens (primary N) is 1. The van der Waals surface area contributed by atoms with Crippen molar-refractivity contribution in [1.29, 1.82) is 0 Å². The van der Waals surface area contributed by atoms with Gasteiger partial charge in [0.1, 0.15) is 0 Å². The lowest BCUT2D eigenvalue weighted by molar-refractivity contribution is -0.130. The average Bonchev–Trinajstić information content (AvgIpc) is 2.43. The van der Waals surface area contributed by atoms with Crippen molar-refractivity contribution in [2.24, 2.45) is 11.1 Å². The molecule has 0 aromatic heterocycles. The van der Waals surface area contributed by atoms with Crippen LogP contribution in [0.4, 0.5) is 5.69 Å². The normalized spacial score (nSPS) is 17.1. The summed E-state index contributed by atoms with van der Waals surface area (Å²) < 4.78 is 6.05. The van der Waals surface area contributed by atoms with Crippen molar-refractivity contribution in [1.82, 2.24) is 0 Å². The van der Waals surface area contributed by atoms with Crippen molar-refractivity contribution in [3.05, 3.63) is 27.7 Å². The van der Waals surface area contributed by atoms with E-state index in [0.29, 0.717) is 43.3 Å². The molecule has 0 saturated carbocycles. The second-order valence-corrected chi connectivity index (χ2v) is 5.94. The van der Waals surface area contributed by atoms with E-state index in [9.17, 15) is 4.79 Å². The number of nitrogens with one attached hydrogen (secondary N) is 1. The molecular formula is C13H17BrCl2N2O2. The van der Waals surface area contributed by atoms with Crippen LogP contribution in [0.25, 0.3) is 0 Å². The predicted molar refractivity (Wildman–Crippen MR) is 86.6 cm³/mol. The number of benzene rings is 1. The van der Waals surface area contributed by atoms with Crippen molar-refractivity contribution in [2.75, 3.05) is 25.1 Å². The first-order chi connectivity index (χ1) is 9.07. The Bertz CT molecular complexity index is 479. The van der Waals surface area contributed by atoms with Crippen LogP contribution in [0.15, 0.2) is 22.7 Å². The van der Waals surface area contributed by atoms with Gasteiger partial charge in [-0.15, -0.1) is 12.4 Å². The zero-order chi connectivity index (χ0) is 13.9. The number of ether oxygens (including phenoxy) is 1. The Balaban J connectivity index is 0.00000200. The summed E-state index contributed by atoms with van der Waals surface area (Å²) in [5.41, 5.74) is 5.99. The second-order valence-electron chi connectivity index (χ2n) is 4.68. The largest absolute Gasteiger partial charge is 0.381 e. The molecule has 112 valence electrons. The van der Waals surface area contributed by atoms with Crippen molar-refractivity contribution in [3.63, 3.8) is 0 Å². The maximum Gasteiger partial charge on any atom is 0.232 e. The number of hydrogen-bond acceptors (Lipinski definition) is 3. The van der Waals surface area contributed by atoms with Crippen LogP contribution in [-0.4, -0.2) is 25.7 Å². The smallest absolute Gasteiger partial charge is 0.232 e. The second kappa shape index (κ2) is 7.61. The Morgan fingerprint density at radius 2 is 2.10 bits per heavy atom. The molecule has 4 nitrogen and oxygen atoms in total. The van der Waals surface area contributed by atoms with Gasteiger partial charge in [-0.3, -0.25) is 4.79 Å². The van der Waals surface area contributed by atoms with E-state index in [2.05, 4.69) is 21.2 Å². The van der Waals surface area contributed by atoms with Gasteiger partial charge in [-0.1, -0.05) is 11.6 Å². The number of halogens is 3. The van der Waals surface area contributed by atoms with Crippen LogP contribution in [0.3, 0.4) is 0 Å². The fourth-order valence-electron chi connectivity index (χ4n) is 2.12. The first-order valence-corrected chi connectivity index (χ1v) is 7.29. The molecular weight excluding hydrogens is 367 g/mol. The fourth-order valence-corrected chi connectivity index (χ4v) is 2.62. The Morgan fingerprint density at radius 1 is 1.45 bits per heavy atom. The first-order valence-electron chi connectivity index (χ1n) is 6.12. The lowest BCUT2D eigenvalue weighted by Gasteiger charge is -2.34. The summed E-state index contributed by atoms with van der Waals surface area (Å²) >= 11 is 9.26. The molecule has 0 spiro atoms. The highest BCUT2D eigenvalue weighted by atomic mass is 79.9. The van der Waals surface area contributed by atoms with Gasteiger partial charge in [0.25, 0.3) is 0 Å². The van der Waals surface area contributed by atoms with Gasteiger partial charge >= 0.3 is 0 Å². The first kappa shape index (κ1) is 17.7. The summed E-state index contributed by atoms with van der Waals surface area (Å²) in [6.45, 7) is 1.49. The molecule has 20 heavy (non-hydrogen) atoms. The SMILES string of the molecule is Cl.NCC1(C(=O)Nc2ccc(Cl)c(Br)c2)CCOCC1. The van der Waals surface area contributed by atoms with Crippen molar-refractivity contribution in [2.45, 2.75) is 12.8 Å². The number of rotatable bonds is 3. The molecule has 1 heterocycles. The minimum atomic E-state index is -0.523. The van der Waals surface area contributed by atoms with Gasteiger partial charge in [0.2, 0.25) is 5.91 Å². The zero-order valence-corrected chi connectivity index (χ0v) is 14.0. The number of amides is 1. The number of carbonyl (C=O) groups is 1. The molecule has 3 N–H and O–H groups in total. The van der Waals surface area contributed by atoms with E-state index < -0.39 is 5.41 Å². The zero-order valence-electron chi connectivity index (χ0n) is 10.8. The quantitative estimate of drug-likeness (QED) is 0.842. The van der Waals surface area contributed by atoms with Crippen LogP contribution in [-0.2, 0) is 9.53 Å². The topological polar surface area (TPSA) is 64.4 Å². The highest BCUT2D eigenvalue weighted by molar-refractivity contribution is 9.10. The van der Waals surface area contributed by atoms with Gasteiger partial charge in [-0.05, 0) is 47.0 Å². The van der Waals surface area contributed by atoms with Crippen LogP contribution >= 0.6 is 39.9 Å². The molecule has 2 rings (SSSR count). The van der Waals surface area contributed by atoms with E-state index in [1.54, 1.807) is 18.2 Å². The number of anilines is 1. The Hall–Kier alpha value is -0.330. The van der Waals surface area contributed by atoms with Gasteiger partial charge < -0.3 is 15.8 Å². The molecule has 0 radical (unpaired) electrons. The summed E-state index contributed by atoms with van der Waals surface area (Å²) in [7, 11) is 0. The Morgan fingerprint density at radius 3 is 2.65 bits per heavy atom. The van der Waals surface area contributed by atoms with Gasteiger partial charge in [-0.25, -0.2) is 0 Å². The number of carbonyl (C=O) groups excluding carboxylic acids is 1. The van der Waals surface area contributed by atoms with Crippen LogP contribution < -0.4 is 11.1 Å². The molecule has 1 amide bonds. The third-order valence-corrected chi connectivity index (χ3v) is 4.71. The van der Waals surface area contributed by atoms with E-state index in [1.165, 1.54) is 0 Å². The molecule has 1 aliphatic heterocycles. The molecule has 0 bridgehead atoms. The maximum atomic E-state index is 12.4. The van der Waals surface area contributed by atoms with Crippen molar-refractivity contribution < 1.29 is 9.53 Å². The van der Waals surface area contributed by atoms with Crippen molar-refractivity contribution in [3.8, 4) is 0 Å². The van der Waals surface area contributed by atoms with E-state index in [4.69, 9.17) is 22.1 Å². The standard InChI is InChI=1S/C13H16BrClN2O2.ClH/c14-10-7-9(1-2-11(10)15)17-12(18)13(8-16)3-5-19-6-4-13;/h1-2,7H,3-6,8,16H2,(H,17,18);1H. The third kappa shape index (κ3) is 3.86. The Labute approximate surface area is 137 Å². The minimum Gasteiger partial charge on any atom is -0.381 e. The molecule has 1 aliphatic rings. The molecule has 1 fully saturated rings. The molecule has 0 unspecified atom stereocenters. The maximum absolute atomic E-state index is 12.4. The summed E-state index contributed by atoms with van der Waals surface area (Å²) in [5.74, 6) is -0.0486. The summed E-state index contributed by atoms with van der Waals surface area (Å²) in [4.78, 5) is 12.4. The molecule has 1 aromatic carbocycles. The lowest BCUT2D eigenvalue weighted by Crippen LogP contribution is -2.46. The summed E-state index contributed by atoms with van der Waals surface area (Å²) in [6, 6.07) is 5.29. The minimum absolute atomic E-state index is 0. The lowest BCUT2D eigenvalue weighted by atomic mass is 9.79. The monoisotopic (exact) mass is 382 g/mol. The van der Waals surface area contributed by atoms with Crippen LogP contribution in [0.5, 0.6) is 0 Å². The molecule has 0 aliphatic carbocycles. The van der Waals surface area contributed by atoms with Crippen LogP contribution in [0.2, 0.25) is 5.02 Å². The van der Waals surface area contributed by atoms with Crippen molar-refractivity contribution >= 4 is 51.5 Å². The predicted octanol–water partition coefficient (Wildman–Crippen LogP) is 3.22. The van der Waals surface area contributed by atoms with Crippen LogP contribution in [0.1, 0.15) is 12.8 Å². The fraction of sp³-hybridized carbons (Fsp3) is 0.462. The van der Waals surface area contributed by atoms with E-state index in [1.807, 2.05) is 0 Å². The van der Waals surface area contributed by atoms with Gasteiger partial charge in [-0.2, -0.15) is 0 Å². The summed E-state index contributed by atoms with van der Waals surface area (Å²) in [6.07, 6.45) is 1.31. The van der Waals surface area contributed by atoms with Gasteiger partial charge in [0.15, 0.2) is 0 Å². The Kier molecular flexibility index (Phi) is 6.75. The molecule has 1 aromatic rings. The molecule has 1 saturated heterocycles. The van der Waals surface area contributed by atoms with Gasteiger partial charge in [0.05, 0.1) is 10.4 Å². The third-order valence-electron chi connectivity index (χ3n) is 3.50. The van der Waals surface area contributed by atoms with Crippen LogP contribution in [0, 0.1) is 5.41 Å². The summed E-state index contributed by atoms with van der Waals surface area (Å²) in [5, 5.41) is 3.52.